The third kappa shape index (κ3) is 2.58. The van der Waals surface area contributed by atoms with Crippen molar-refractivity contribution in [1.29, 1.82) is 0 Å². The fraction of sp³-hybridized carbons (Fsp3) is 0.273. The highest BCUT2D eigenvalue weighted by Crippen LogP contribution is 2.17. The average Bonchev–Trinajstić information content (AvgIpc) is 2.70. The lowest BCUT2D eigenvalue weighted by molar-refractivity contribution is 0.374. The van der Waals surface area contributed by atoms with Crippen LogP contribution in [0.3, 0.4) is 0 Å². The number of hydrogen-bond donors (Lipinski definition) is 0. The summed E-state index contributed by atoms with van der Waals surface area (Å²) in [5, 5.41) is 3.49. The predicted molar refractivity (Wildman–Crippen MR) is 57.8 cm³/mol. The Morgan fingerprint density at radius 2 is 2.06 bits per heavy atom. The van der Waals surface area contributed by atoms with Crippen LogP contribution in [0.4, 0.5) is 4.39 Å². The second kappa shape index (κ2) is 4.61. The first kappa shape index (κ1) is 11.1. The summed E-state index contributed by atoms with van der Waals surface area (Å²) >= 11 is 5.79. The van der Waals surface area contributed by atoms with Crippen LogP contribution in [0, 0.1) is 5.82 Å². The molecule has 2 rings (SSSR count). The molecule has 3 nitrogen and oxygen atoms in total. The van der Waals surface area contributed by atoms with E-state index in [4.69, 9.17) is 16.1 Å². The maximum Gasteiger partial charge on any atom is 0.244 e. The second-order valence-electron chi connectivity index (χ2n) is 3.47. The van der Waals surface area contributed by atoms with Crippen molar-refractivity contribution in [2.75, 3.05) is 0 Å². The SMILES string of the molecule is CC(Cl)c1nc(Cc2ccc(F)cc2)no1. The van der Waals surface area contributed by atoms with E-state index in [1.165, 1.54) is 12.1 Å². The first-order chi connectivity index (χ1) is 7.65. The molecule has 84 valence electrons. The van der Waals surface area contributed by atoms with Crippen molar-refractivity contribution in [1.82, 2.24) is 10.1 Å². The number of nitrogens with zero attached hydrogens (tertiary/aromatic N) is 2. The molecule has 2 aromatic rings. The summed E-state index contributed by atoms with van der Waals surface area (Å²) in [6.07, 6.45) is 0.507. The number of hydrogen-bond acceptors (Lipinski definition) is 3. The Kier molecular flexibility index (Phi) is 3.19. The minimum atomic E-state index is -0.297. The standard InChI is InChI=1S/C11H10ClFN2O/c1-7(12)11-14-10(15-16-11)6-8-2-4-9(13)5-3-8/h2-5,7H,6H2,1H3. The molecule has 0 aliphatic heterocycles. The molecule has 0 N–H and O–H groups in total. The number of halogens is 2. The maximum atomic E-state index is 12.7. The van der Waals surface area contributed by atoms with Gasteiger partial charge in [-0.1, -0.05) is 17.3 Å². The average molecular weight is 241 g/mol. The van der Waals surface area contributed by atoms with E-state index in [0.29, 0.717) is 18.1 Å². The number of rotatable bonds is 3. The minimum Gasteiger partial charge on any atom is -0.338 e. The van der Waals surface area contributed by atoms with Gasteiger partial charge in [-0.25, -0.2) is 4.39 Å². The summed E-state index contributed by atoms with van der Waals surface area (Å²) in [5.41, 5.74) is 0.927. The largest absolute Gasteiger partial charge is 0.338 e. The van der Waals surface area contributed by atoms with Crippen LogP contribution in [0.25, 0.3) is 0 Å². The van der Waals surface area contributed by atoms with Crippen LogP contribution in [0.2, 0.25) is 0 Å². The topological polar surface area (TPSA) is 38.9 Å². The van der Waals surface area contributed by atoms with Gasteiger partial charge in [-0.2, -0.15) is 4.98 Å². The van der Waals surface area contributed by atoms with E-state index in [1.54, 1.807) is 19.1 Å². The van der Waals surface area contributed by atoms with Gasteiger partial charge in [0.2, 0.25) is 5.89 Å². The van der Waals surface area contributed by atoms with Crippen molar-refractivity contribution in [2.24, 2.45) is 0 Å². The summed E-state index contributed by atoms with van der Waals surface area (Å²) in [5.74, 6) is 0.694. The minimum absolute atomic E-state index is 0.257. The van der Waals surface area contributed by atoms with Crippen molar-refractivity contribution in [3.63, 3.8) is 0 Å². The zero-order valence-corrected chi connectivity index (χ0v) is 9.41. The van der Waals surface area contributed by atoms with Crippen LogP contribution in [0.5, 0.6) is 0 Å². The number of benzene rings is 1. The molecular weight excluding hydrogens is 231 g/mol. The monoisotopic (exact) mass is 240 g/mol. The van der Waals surface area contributed by atoms with Gasteiger partial charge >= 0.3 is 0 Å². The fourth-order valence-electron chi connectivity index (χ4n) is 1.29. The number of alkyl halides is 1. The number of aromatic nitrogens is 2. The van der Waals surface area contributed by atoms with Gasteiger partial charge in [-0.15, -0.1) is 11.6 Å². The normalized spacial score (nSPS) is 12.7. The van der Waals surface area contributed by atoms with Gasteiger partial charge in [-0.3, -0.25) is 0 Å². The third-order valence-electron chi connectivity index (χ3n) is 2.10. The lowest BCUT2D eigenvalue weighted by atomic mass is 10.1. The quantitative estimate of drug-likeness (QED) is 0.774. The van der Waals surface area contributed by atoms with Crippen LogP contribution >= 0.6 is 11.6 Å². The van der Waals surface area contributed by atoms with Crippen LogP contribution in [0.15, 0.2) is 28.8 Å². The Bertz CT molecular complexity index is 467. The van der Waals surface area contributed by atoms with Crippen LogP contribution in [-0.4, -0.2) is 10.1 Å². The predicted octanol–water partition coefficient (Wildman–Crippen LogP) is 3.10. The van der Waals surface area contributed by atoms with Crippen molar-refractivity contribution in [3.8, 4) is 0 Å². The van der Waals surface area contributed by atoms with Crippen molar-refractivity contribution in [3.05, 3.63) is 47.4 Å². The summed E-state index contributed by atoms with van der Waals surface area (Å²) < 4.78 is 17.6. The fourth-order valence-corrected chi connectivity index (χ4v) is 1.37. The van der Waals surface area contributed by atoms with E-state index in [2.05, 4.69) is 10.1 Å². The molecule has 0 fully saturated rings. The molecule has 0 saturated carbocycles. The smallest absolute Gasteiger partial charge is 0.244 e. The van der Waals surface area contributed by atoms with Crippen molar-refractivity contribution < 1.29 is 8.91 Å². The third-order valence-corrected chi connectivity index (χ3v) is 2.29. The molecule has 0 saturated heterocycles. The summed E-state index contributed by atoms with van der Waals surface area (Å²) in [6, 6.07) is 6.19. The highest BCUT2D eigenvalue weighted by molar-refractivity contribution is 6.20. The van der Waals surface area contributed by atoms with Crippen molar-refractivity contribution >= 4 is 11.6 Å². The molecule has 1 aromatic heterocycles. The van der Waals surface area contributed by atoms with Gasteiger partial charge in [0.15, 0.2) is 5.82 Å². The van der Waals surface area contributed by atoms with Crippen LogP contribution in [0.1, 0.15) is 29.6 Å². The van der Waals surface area contributed by atoms with Crippen molar-refractivity contribution in [2.45, 2.75) is 18.7 Å². The molecule has 1 heterocycles. The second-order valence-corrected chi connectivity index (χ2v) is 4.12. The molecule has 1 unspecified atom stereocenters. The molecule has 1 atom stereocenters. The van der Waals surface area contributed by atoms with E-state index in [1.807, 2.05) is 0 Å². The van der Waals surface area contributed by atoms with Gasteiger partial charge in [-0.05, 0) is 24.6 Å². The molecule has 0 radical (unpaired) electrons. The summed E-state index contributed by atoms with van der Waals surface area (Å²) in [4.78, 5) is 4.12. The molecule has 16 heavy (non-hydrogen) atoms. The van der Waals surface area contributed by atoms with Gasteiger partial charge in [0.1, 0.15) is 11.2 Å². The molecule has 1 aromatic carbocycles. The molecule has 0 aliphatic carbocycles. The summed E-state index contributed by atoms with van der Waals surface area (Å²) in [7, 11) is 0. The van der Waals surface area contributed by atoms with Crippen LogP contribution < -0.4 is 0 Å². The first-order valence-corrected chi connectivity index (χ1v) is 5.30. The Labute approximate surface area is 97.2 Å². The molecule has 5 heteroatoms. The van der Waals surface area contributed by atoms with Crippen LogP contribution in [-0.2, 0) is 6.42 Å². The molecule has 0 aliphatic rings. The zero-order valence-electron chi connectivity index (χ0n) is 8.65. The highest BCUT2D eigenvalue weighted by atomic mass is 35.5. The van der Waals surface area contributed by atoms with E-state index in [9.17, 15) is 4.39 Å². The first-order valence-electron chi connectivity index (χ1n) is 4.86. The lowest BCUT2D eigenvalue weighted by Gasteiger charge is -1.95. The Balaban J connectivity index is 2.11. The van der Waals surface area contributed by atoms with Gasteiger partial charge < -0.3 is 4.52 Å². The molecule has 0 amide bonds. The van der Waals surface area contributed by atoms with E-state index in [-0.39, 0.29) is 11.2 Å². The van der Waals surface area contributed by atoms with Gasteiger partial charge in [0.25, 0.3) is 0 Å². The van der Waals surface area contributed by atoms with Gasteiger partial charge in [0.05, 0.1) is 0 Å². The molecular formula is C11H10ClFN2O. The van der Waals surface area contributed by atoms with E-state index in [0.717, 1.165) is 5.56 Å². The van der Waals surface area contributed by atoms with E-state index < -0.39 is 0 Å². The lowest BCUT2D eigenvalue weighted by Crippen LogP contribution is -1.92. The zero-order chi connectivity index (χ0) is 11.5. The molecule has 0 spiro atoms. The highest BCUT2D eigenvalue weighted by Gasteiger charge is 2.11. The summed E-state index contributed by atoms with van der Waals surface area (Å²) in [6.45, 7) is 1.76. The molecule has 0 bridgehead atoms. The Morgan fingerprint density at radius 3 is 2.62 bits per heavy atom. The van der Waals surface area contributed by atoms with E-state index >= 15 is 0 Å². The maximum absolute atomic E-state index is 12.7. The Morgan fingerprint density at radius 1 is 1.38 bits per heavy atom. The Hall–Kier alpha value is -1.42. The van der Waals surface area contributed by atoms with Gasteiger partial charge in [0, 0.05) is 6.42 Å².